The molecule has 2 rings (SSSR count). The molecule has 2 saturated carbocycles. The average molecular weight is 326 g/mol. The second kappa shape index (κ2) is 6.21. The lowest BCUT2D eigenvalue weighted by Gasteiger charge is -2.30. The van der Waals surface area contributed by atoms with Gasteiger partial charge in [0.1, 0.15) is 11.2 Å². The van der Waals surface area contributed by atoms with Crippen molar-refractivity contribution in [3.05, 3.63) is 0 Å². The summed E-state index contributed by atoms with van der Waals surface area (Å²) < 4.78 is 10.6. The zero-order chi connectivity index (χ0) is 17.4. The molecule has 0 spiro atoms. The molecule has 6 heteroatoms. The fraction of sp³-hybridized carbons (Fsp3) is 0.882. The molecule has 132 valence electrons. The first-order valence-corrected chi connectivity index (χ1v) is 8.42. The molecule has 6 nitrogen and oxygen atoms in total. The fourth-order valence-electron chi connectivity index (χ4n) is 3.55. The SMILES string of the molecule is CC(C)(C)OC(=O)N[C@H]1C[C@H]2C[C@@H]1C[C@@H]2NC(=O)OC(C)(C)C. The van der Waals surface area contributed by atoms with Gasteiger partial charge in [0.2, 0.25) is 0 Å². The van der Waals surface area contributed by atoms with Gasteiger partial charge >= 0.3 is 12.2 Å². The second-order valence-corrected chi connectivity index (χ2v) is 8.73. The van der Waals surface area contributed by atoms with Gasteiger partial charge in [-0.3, -0.25) is 0 Å². The molecular formula is C17H30N2O4. The van der Waals surface area contributed by atoms with Crippen molar-refractivity contribution in [1.82, 2.24) is 10.6 Å². The maximum atomic E-state index is 11.9. The third-order valence-electron chi connectivity index (χ3n) is 4.26. The number of rotatable bonds is 2. The Bertz CT molecular complexity index is 422. The minimum atomic E-state index is -0.484. The van der Waals surface area contributed by atoms with E-state index in [0.29, 0.717) is 11.8 Å². The van der Waals surface area contributed by atoms with Crippen LogP contribution in [0.1, 0.15) is 60.8 Å². The van der Waals surface area contributed by atoms with Gasteiger partial charge in [-0.25, -0.2) is 9.59 Å². The van der Waals surface area contributed by atoms with Gasteiger partial charge in [-0.1, -0.05) is 0 Å². The zero-order valence-corrected chi connectivity index (χ0v) is 15.1. The number of fused-ring (bicyclic) bond motifs is 2. The quantitative estimate of drug-likeness (QED) is 0.817. The van der Waals surface area contributed by atoms with Crippen LogP contribution < -0.4 is 10.6 Å². The van der Waals surface area contributed by atoms with Crippen LogP contribution in [0.3, 0.4) is 0 Å². The number of amides is 2. The van der Waals surface area contributed by atoms with E-state index in [1.54, 1.807) is 0 Å². The number of hydrogen-bond acceptors (Lipinski definition) is 4. The Morgan fingerprint density at radius 1 is 0.739 bits per heavy atom. The van der Waals surface area contributed by atoms with Crippen LogP contribution in [0.4, 0.5) is 9.59 Å². The first-order valence-electron chi connectivity index (χ1n) is 8.42. The topological polar surface area (TPSA) is 76.7 Å². The summed E-state index contributed by atoms with van der Waals surface area (Å²) in [6, 6.07) is 0.290. The van der Waals surface area contributed by atoms with Crippen LogP contribution in [0, 0.1) is 11.8 Å². The van der Waals surface area contributed by atoms with Crippen LogP contribution in [-0.4, -0.2) is 35.5 Å². The number of ether oxygens (including phenoxy) is 2. The van der Waals surface area contributed by atoms with Gasteiger partial charge in [-0.05, 0) is 72.6 Å². The van der Waals surface area contributed by atoms with Crippen molar-refractivity contribution in [3.63, 3.8) is 0 Å². The lowest BCUT2D eigenvalue weighted by atomic mass is 9.91. The highest BCUT2D eigenvalue weighted by molar-refractivity contribution is 5.69. The Morgan fingerprint density at radius 3 is 1.35 bits per heavy atom. The average Bonchev–Trinajstić information content (AvgIpc) is 2.82. The van der Waals surface area contributed by atoms with E-state index in [9.17, 15) is 9.59 Å². The smallest absolute Gasteiger partial charge is 0.407 e. The van der Waals surface area contributed by atoms with Gasteiger partial charge in [0.25, 0.3) is 0 Å². The van der Waals surface area contributed by atoms with Crippen molar-refractivity contribution in [2.75, 3.05) is 0 Å². The van der Waals surface area contributed by atoms with Gasteiger partial charge in [0, 0.05) is 12.1 Å². The second-order valence-electron chi connectivity index (χ2n) is 8.73. The maximum absolute atomic E-state index is 11.9. The van der Waals surface area contributed by atoms with Gasteiger partial charge in [0.15, 0.2) is 0 Å². The number of nitrogens with one attached hydrogen (secondary N) is 2. The summed E-state index contributed by atoms with van der Waals surface area (Å²) in [5.74, 6) is 0.792. The van der Waals surface area contributed by atoms with Crippen LogP contribution in [0.15, 0.2) is 0 Å². The lowest BCUT2D eigenvalue weighted by Crippen LogP contribution is -2.47. The minimum absolute atomic E-state index is 0.145. The lowest BCUT2D eigenvalue weighted by molar-refractivity contribution is 0.0441. The molecule has 2 fully saturated rings. The Morgan fingerprint density at radius 2 is 1.09 bits per heavy atom. The van der Waals surface area contributed by atoms with E-state index in [-0.39, 0.29) is 24.3 Å². The van der Waals surface area contributed by atoms with Gasteiger partial charge in [-0.2, -0.15) is 0 Å². The molecule has 0 heterocycles. The fourth-order valence-corrected chi connectivity index (χ4v) is 3.55. The summed E-state index contributed by atoms with van der Waals surface area (Å²) in [5.41, 5.74) is -0.967. The summed E-state index contributed by atoms with van der Waals surface area (Å²) in [4.78, 5) is 23.8. The van der Waals surface area contributed by atoms with E-state index < -0.39 is 11.2 Å². The van der Waals surface area contributed by atoms with Crippen LogP contribution in [0.5, 0.6) is 0 Å². The first-order chi connectivity index (χ1) is 10.4. The number of carbonyl (C=O) groups excluding carboxylic acids is 2. The monoisotopic (exact) mass is 326 g/mol. The predicted molar refractivity (Wildman–Crippen MR) is 87.1 cm³/mol. The molecule has 2 aliphatic carbocycles. The third kappa shape index (κ3) is 5.29. The van der Waals surface area contributed by atoms with E-state index in [1.807, 2.05) is 41.5 Å². The van der Waals surface area contributed by atoms with Crippen molar-refractivity contribution in [2.45, 2.75) is 84.1 Å². The largest absolute Gasteiger partial charge is 0.444 e. The summed E-state index contributed by atoms with van der Waals surface area (Å²) in [6.07, 6.45) is 2.08. The van der Waals surface area contributed by atoms with Crippen molar-refractivity contribution >= 4 is 12.2 Å². The molecular weight excluding hydrogens is 296 g/mol. The molecule has 0 radical (unpaired) electrons. The van der Waals surface area contributed by atoms with Gasteiger partial charge in [0.05, 0.1) is 0 Å². The standard InChI is InChI=1S/C17H30N2O4/c1-16(2,3)22-14(20)18-12-8-11-7-10(12)9-13(11)19-15(21)23-17(4,5)6/h10-13H,7-9H2,1-6H3,(H,18,20)(H,19,21)/t10-,11-,12+,13+/m1/s1. The Hall–Kier alpha value is -1.46. The molecule has 2 bridgehead atoms. The van der Waals surface area contributed by atoms with Crippen LogP contribution in [0.25, 0.3) is 0 Å². The highest BCUT2D eigenvalue weighted by Gasteiger charge is 2.47. The predicted octanol–water partition coefficient (Wildman–Crippen LogP) is 3.20. The summed E-state index contributed by atoms with van der Waals surface area (Å²) in [7, 11) is 0. The summed E-state index contributed by atoms with van der Waals surface area (Å²) >= 11 is 0. The molecule has 2 aliphatic rings. The molecule has 0 aromatic heterocycles. The summed E-state index contributed by atoms with van der Waals surface area (Å²) in [6.45, 7) is 11.1. The highest BCUT2D eigenvalue weighted by atomic mass is 16.6. The van der Waals surface area contributed by atoms with Crippen molar-refractivity contribution in [1.29, 1.82) is 0 Å². The molecule has 2 N–H and O–H groups in total. The molecule has 0 aromatic rings. The van der Waals surface area contributed by atoms with Gasteiger partial charge in [-0.15, -0.1) is 0 Å². The van der Waals surface area contributed by atoms with Crippen molar-refractivity contribution in [3.8, 4) is 0 Å². The van der Waals surface area contributed by atoms with E-state index in [2.05, 4.69) is 10.6 Å². The van der Waals surface area contributed by atoms with E-state index in [1.165, 1.54) is 0 Å². The van der Waals surface area contributed by atoms with Gasteiger partial charge < -0.3 is 20.1 Å². The van der Waals surface area contributed by atoms with Crippen LogP contribution in [-0.2, 0) is 9.47 Å². The third-order valence-corrected chi connectivity index (χ3v) is 4.26. The van der Waals surface area contributed by atoms with Crippen LogP contribution >= 0.6 is 0 Å². The molecule has 4 atom stereocenters. The van der Waals surface area contributed by atoms with Crippen molar-refractivity contribution < 1.29 is 19.1 Å². The highest BCUT2D eigenvalue weighted by Crippen LogP contribution is 2.44. The van der Waals surface area contributed by atoms with E-state index >= 15 is 0 Å². The number of alkyl carbamates (subject to hydrolysis) is 2. The van der Waals surface area contributed by atoms with E-state index in [4.69, 9.17) is 9.47 Å². The molecule has 23 heavy (non-hydrogen) atoms. The van der Waals surface area contributed by atoms with E-state index in [0.717, 1.165) is 19.3 Å². The van der Waals surface area contributed by atoms with Crippen molar-refractivity contribution in [2.24, 2.45) is 11.8 Å². The zero-order valence-electron chi connectivity index (χ0n) is 15.1. The summed E-state index contributed by atoms with van der Waals surface area (Å²) in [5, 5.41) is 5.95. The molecule has 2 amide bonds. The number of hydrogen-bond donors (Lipinski definition) is 2. The number of carbonyl (C=O) groups is 2. The Labute approximate surface area is 138 Å². The normalized spacial score (nSPS) is 30.0. The van der Waals surface area contributed by atoms with Crippen LogP contribution in [0.2, 0.25) is 0 Å². The Kier molecular flexibility index (Phi) is 4.83. The Balaban J connectivity index is 1.79. The minimum Gasteiger partial charge on any atom is -0.444 e. The molecule has 0 aliphatic heterocycles. The molecule has 0 unspecified atom stereocenters. The molecule has 0 aromatic carbocycles. The molecule has 0 saturated heterocycles. The first kappa shape index (κ1) is 17.9. The maximum Gasteiger partial charge on any atom is 0.407 e.